The Kier molecular flexibility index (Phi) is 6.67. The average molecular weight is 391 g/mol. The molecule has 0 radical (unpaired) electrons. The molecule has 0 bridgehead atoms. The number of nitrogens with zero attached hydrogens (tertiary/aromatic N) is 2. The molecular weight excluding hydrogens is 371 g/mol. The molecule has 0 aliphatic carbocycles. The SMILES string of the molecule is C[C@@H](SC(CO)CO)[C@@](O)(Cc1ncn[nH]1)c1ccc(C(F)(F)F)cc1. The van der Waals surface area contributed by atoms with E-state index in [1.807, 2.05) is 0 Å². The third kappa shape index (κ3) is 4.76. The monoisotopic (exact) mass is 391 g/mol. The Hall–Kier alpha value is -1.62. The minimum absolute atomic E-state index is 0.0177. The molecule has 0 spiro atoms. The molecule has 0 saturated carbocycles. The molecule has 26 heavy (non-hydrogen) atoms. The average Bonchev–Trinajstić information content (AvgIpc) is 3.11. The van der Waals surface area contributed by atoms with Crippen LogP contribution in [0.5, 0.6) is 0 Å². The predicted octanol–water partition coefficient (Wildman–Crippen LogP) is 1.73. The van der Waals surface area contributed by atoms with Crippen LogP contribution in [-0.2, 0) is 18.2 Å². The fourth-order valence-corrected chi connectivity index (χ4v) is 3.74. The van der Waals surface area contributed by atoms with Gasteiger partial charge in [-0.1, -0.05) is 19.1 Å². The lowest BCUT2D eigenvalue weighted by molar-refractivity contribution is -0.137. The fourth-order valence-electron chi connectivity index (χ4n) is 2.54. The minimum Gasteiger partial charge on any atom is -0.395 e. The first-order valence-corrected chi connectivity index (χ1v) is 8.76. The van der Waals surface area contributed by atoms with Crippen molar-refractivity contribution in [1.29, 1.82) is 0 Å². The summed E-state index contributed by atoms with van der Waals surface area (Å²) in [5.41, 5.74) is -2.12. The minimum atomic E-state index is -4.47. The van der Waals surface area contributed by atoms with Gasteiger partial charge in [0.15, 0.2) is 0 Å². The standard InChI is InChI=1S/C16H20F3N3O3S/c1-10(26-13(7-23)8-24)15(25,6-14-20-9-21-22-14)11-2-4-12(5-3-11)16(17,18)19/h2-5,9-10,13,23-25H,6-8H2,1H3,(H,20,21,22)/t10-,15+/m1/s1. The van der Waals surface area contributed by atoms with Crippen LogP contribution in [-0.4, -0.2) is 54.2 Å². The summed E-state index contributed by atoms with van der Waals surface area (Å²) in [6, 6.07) is 4.27. The second-order valence-corrected chi connectivity index (χ2v) is 7.52. The molecule has 1 aromatic carbocycles. The van der Waals surface area contributed by atoms with Crippen LogP contribution in [0.15, 0.2) is 30.6 Å². The van der Waals surface area contributed by atoms with E-state index in [0.717, 1.165) is 23.9 Å². The normalized spacial score (nSPS) is 15.8. The number of aliphatic hydroxyl groups excluding tert-OH is 2. The highest BCUT2D eigenvalue weighted by Crippen LogP contribution is 2.38. The van der Waals surface area contributed by atoms with Crippen LogP contribution in [0.1, 0.15) is 23.9 Å². The van der Waals surface area contributed by atoms with Crippen LogP contribution < -0.4 is 0 Å². The van der Waals surface area contributed by atoms with Crippen LogP contribution in [0, 0.1) is 0 Å². The van der Waals surface area contributed by atoms with Crippen molar-refractivity contribution in [2.45, 2.75) is 35.6 Å². The van der Waals surface area contributed by atoms with E-state index in [4.69, 9.17) is 0 Å². The maximum absolute atomic E-state index is 12.8. The number of hydrogen-bond donors (Lipinski definition) is 4. The summed E-state index contributed by atoms with van der Waals surface area (Å²) in [6.07, 6.45) is -3.22. The van der Waals surface area contributed by atoms with Gasteiger partial charge in [-0.15, -0.1) is 11.8 Å². The predicted molar refractivity (Wildman–Crippen MR) is 90.4 cm³/mol. The molecule has 1 heterocycles. The molecule has 4 N–H and O–H groups in total. The molecule has 6 nitrogen and oxygen atoms in total. The van der Waals surface area contributed by atoms with E-state index in [9.17, 15) is 28.5 Å². The molecule has 0 unspecified atom stereocenters. The van der Waals surface area contributed by atoms with Gasteiger partial charge in [0.1, 0.15) is 17.8 Å². The van der Waals surface area contributed by atoms with E-state index in [0.29, 0.717) is 5.82 Å². The number of thioether (sulfide) groups is 1. The lowest BCUT2D eigenvalue weighted by Gasteiger charge is -2.35. The van der Waals surface area contributed by atoms with Gasteiger partial charge in [-0.25, -0.2) is 4.98 Å². The van der Waals surface area contributed by atoms with E-state index in [1.54, 1.807) is 6.92 Å². The fraction of sp³-hybridized carbons (Fsp3) is 0.500. The van der Waals surface area contributed by atoms with E-state index >= 15 is 0 Å². The first kappa shape index (κ1) is 20.7. The van der Waals surface area contributed by atoms with Crippen LogP contribution in [0.2, 0.25) is 0 Å². The van der Waals surface area contributed by atoms with Gasteiger partial charge in [-0.3, -0.25) is 5.10 Å². The van der Waals surface area contributed by atoms with Gasteiger partial charge < -0.3 is 15.3 Å². The first-order valence-electron chi connectivity index (χ1n) is 7.82. The Morgan fingerprint density at radius 1 is 1.12 bits per heavy atom. The number of halogens is 3. The topological polar surface area (TPSA) is 102 Å². The Bertz CT molecular complexity index is 678. The summed E-state index contributed by atoms with van der Waals surface area (Å²) in [7, 11) is 0. The number of benzene rings is 1. The van der Waals surface area contributed by atoms with Crippen molar-refractivity contribution in [3.05, 3.63) is 47.5 Å². The Labute approximate surface area is 152 Å². The molecule has 2 atom stereocenters. The summed E-state index contributed by atoms with van der Waals surface area (Å²) in [6.45, 7) is 1.09. The third-order valence-corrected chi connectivity index (χ3v) is 5.57. The van der Waals surface area contributed by atoms with Crippen molar-refractivity contribution in [2.75, 3.05) is 13.2 Å². The highest BCUT2D eigenvalue weighted by molar-refractivity contribution is 8.00. The van der Waals surface area contributed by atoms with Crippen molar-refractivity contribution >= 4 is 11.8 Å². The Balaban J connectivity index is 2.36. The molecule has 0 amide bonds. The Morgan fingerprint density at radius 3 is 2.15 bits per heavy atom. The van der Waals surface area contributed by atoms with E-state index < -0.39 is 27.8 Å². The molecule has 0 saturated heterocycles. The van der Waals surface area contributed by atoms with Crippen LogP contribution in [0.25, 0.3) is 0 Å². The number of aliphatic hydroxyl groups is 3. The maximum atomic E-state index is 12.8. The van der Waals surface area contributed by atoms with Crippen LogP contribution >= 0.6 is 11.8 Å². The number of H-pyrrole nitrogens is 1. The number of hydrogen-bond acceptors (Lipinski definition) is 6. The maximum Gasteiger partial charge on any atom is 0.416 e. The van der Waals surface area contributed by atoms with Crippen LogP contribution in [0.3, 0.4) is 0 Å². The lowest BCUT2D eigenvalue weighted by Crippen LogP contribution is -2.40. The van der Waals surface area contributed by atoms with Crippen molar-refractivity contribution < 1.29 is 28.5 Å². The zero-order valence-corrected chi connectivity index (χ0v) is 14.8. The van der Waals surface area contributed by atoms with E-state index in [1.165, 1.54) is 18.5 Å². The zero-order valence-electron chi connectivity index (χ0n) is 13.9. The number of rotatable bonds is 8. The molecular formula is C16H20F3N3O3S. The van der Waals surface area contributed by atoms with Gasteiger partial charge in [-0.2, -0.15) is 18.3 Å². The number of aromatic amines is 1. The van der Waals surface area contributed by atoms with Crippen molar-refractivity contribution in [3.8, 4) is 0 Å². The first-order chi connectivity index (χ1) is 12.2. The van der Waals surface area contributed by atoms with E-state index in [2.05, 4.69) is 15.2 Å². The summed E-state index contributed by atoms with van der Waals surface area (Å²) in [5, 5.41) is 35.1. The van der Waals surface area contributed by atoms with Gasteiger partial charge in [0.25, 0.3) is 0 Å². The van der Waals surface area contributed by atoms with E-state index in [-0.39, 0.29) is 25.2 Å². The van der Waals surface area contributed by atoms with Gasteiger partial charge >= 0.3 is 6.18 Å². The molecule has 2 aromatic rings. The summed E-state index contributed by atoms with van der Waals surface area (Å²) in [5.74, 6) is 0.365. The summed E-state index contributed by atoms with van der Waals surface area (Å²) >= 11 is 1.14. The molecule has 144 valence electrons. The lowest BCUT2D eigenvalue weighted by atomic mass is 9.86. The number of aromatic nitrogens is 3. The highest BCUT2D eigenvalue weighted by atomic mass is 32.2. The highest BCUT2D eigenvalue weighted by Gasteiger charge is 2.39. The van der Waals surface area contributed by atoms with Crippen molar-refractivity contribution in [1.82, 2.24) is 15.2 Å². The smallest absolute Gasteiger partial charge is 0.395 e. The number of nitrogens with one attached hydrogen (secondary N) is 1. The third-order valence-electron chi connectivity index (χ3n) is 4.09. The molecule has 1 aromatic heterocycles. The summed E-state index contributed by atoms with van der Waals surface area (Å²) < 4.78 is 38.4. The van der Waals surface area contributed by atoms with Gasteiger partial charge in [0, 0.05) is 11.7 Å². The summed E-state index contributed by atoms with van der Waals surface area (Å²) in [4.78, 5) is 3.97. The van der Waals surface area contributed by atoms with Gasteiger partial charge in [0.2, 0.25) is 0 Å². The second kappa shape index (κ2) is 8.38. The van der Waals surface area contributed by atoms with Crippen LogP contribution in [0.4, 0.5) is 13.2 Å². The van der Waals surface area contributed by atoms with Gasteiger partial charge in [0.05, 0.1) is 24.0 Å². The molecule has 10 heteroatoms. The second-order valence-electron chi connectivity index (χ2n) is 5.87. The Morgan fingerprint density at radius 2 is 1.69 bits per heavy atom. The van der Waals surface area contributed by atoms with Gasteiger partial charge in [-0.05, 0) is 17.7 Å². The molecule has 0 fully saturated rings. The zero-order chi connectivity index (χ0) is 19.4. The molecule has 0 aliphatic rings. The number of alkyl halides is 3. The largest absolute Gasteiger partial charge is 0.416 e. The molecule has 0 aliphatic heterocycles. The van der Waals surface area contributed by atoms with Crippen molar-refractivity contribution in [2.24, 2.45) is 0 Å². The molecule has 2 rings (SSSR count). The quantitative estimate of drug-likeness (QED) is 0.547. The van der Waals surface area contributed by atoms with Crippen molar-refractivity contribution in [3.63, 3.8) is 0 Å².